The molecule has 1 saturated heterocycles. The summed E-state index contributed by atoms with van der Waals surface area (Å²) >= 11 is 0. The molecule has 1 aliphatic rings. The highest BCUT2D eigenvalue weighted by molar-refractivity contribution is 5.94. The third kappa shape index (κ3) is 4.29. The van der Waals surface area contributed by atoms with Crippen molar-refractivity contribution in [2.45, 2.75) is 39.7 Å². The highest BCUT2D eigenvalue weighted by Gasteiger charge is 2.27. The number of nitrogens with zero attached hydrogens (tertiary/aromatic N) is 1. The maximum Gasteiger partial charge on any atom is 0.254 e. The molecular weight excluding hydrogens is 317 g/mol. The Bertz CT molecular complexity index is 584. The minimum absolute atomic E-state index is 0.134. The molecule has 0 saturated carbocycles. The van der Waals surface area contributed by atoms with Gasteiger partial charge in [0.15, 0.2) is 17.5 Å². The fourth-order valence-electron chi connectivity index (χ4n) is 3.14. The van der Waals surface area contributed by atoms with E-state index < -0.39 is 28.9 Å². The van der Waals surface area contributed by atoms with Crippen LogP contribution in [0.1, 0.15) is 44.0 Å². The summed E-state index contributed by atoms with van der Waals surface area (Å²) in [6.07, 6.45) is 2.24. The van der Waals surface area contributed by atoms with E-state index in [4.69, 9.17) is 0 Å². The van der Waals surface area contributed by atoms with Crippen molar-refractivity contribution in [1.29, 1.82) is 0 Å². The number of piperidine rings is 1. The maximum absolute atomic E-state index is 13.7. The number of halogens is 3. The molecule has 134 valence electrons. The van der Waals surface area contributed by atoms with E-state index in [0.29, 0.717) is 18.4 Å². The van der Waals surface area contributed by atoms with Crippen molar-refractivity contribution in [2.24, 2.45) is 11.8 Å². The number of benzene rings is 1. The van der Waals surface area contributed by atoms with E-state index in [-0.39, 0.29) is 6.04 Å². The number of likely N-dealkylation sites (tertiary alicyclic amines) is 1. The predicted molar refractivity (Wildman–Crippen MR) is 87.2 cm³/mol. The Morgan fingerprint density at radius 1 is 1.21 bits per heavy atom. The summed E-state index contributed by atoms with van der Waals surface area (Å²) in [5, 5.41) is 2.67. The number of hydrogen-bond acceptors (Lipinski definition) is 2. The molecule has 0 aromatic heterocycles. The van der Waals surface area contributed by atoms with Crippen molar-refractivity contribution >= 4 is 5.91 Å². The average molecular weight is 342 g/mol. The summed E-state index contributed by atoms with van der Waals surface area (Å²) in [6, 6.07) is 1.87. The first-order chi connectivity index (χ1) is 11.3. The molecule has 24 heavy (non-hydrogen) atoms. The lowest BCUT2D eigenvalue weighted by molar-refractivity contribution is 0.0859. The molecule has 1 fully saturated rings. The highest BCUT2D eigenvalue weighted by atomic mass is 19.2. The van der Waals surface area contributed by atoms with Gasteiger partial charge in [0.1, 0.15) is 0 Å². The summed E-state index contributed by atoms with van der Waals surface area (Å²) < 4.78 is 39.9. The zero-order chi connectivity index (χ0) is 17.9. The Morgan fingerprint density at radius 3 is 2.42 bits per heavy atom. The number of nitrogens with one attached hydrogen (secondary N) is 1. The first-order valence-corrected chi connectivity index (χ1v) is 8.47. The van der Waals surface area contributed by atoms with Gasteiger partial charge in [-0.05, 0) is 49.9 Å². The second-order valence-corrected chi connectivity index (χ2v) is 6.96. The molecule has 2 rings (SSSR count). The molecule has 0 radical (unpaired) electrons. The summed E-state index contributed by atoms with van der Waals surface area (Å²) in [5.41, 5.74) is -0.469. The van der Waals surface area contributed by atoms with Gasteiger partial charge in [-0.15, -0.1) is 0 Å². The van der Waals surface area contributed by atoms with Crippen LogP contribution in [-0.4, -0.2) is 36.5 Å². The van der Waals surface area contributed by atoms with Crippen molar-refractivity contribution in [3.63, 3.8) is 0 Å². The van der Waals surface area contributed by atoms with Gasteiger partial charge in [-0.3, -0.25) is 9.69 Å². The van der Waals surface area contributed by atoms with Crippen LogP contribution in [0.2, 0.25) is 0 Å². The van der Waals surface area contributed by atoms with Crippen LogP contribution < -0.4 is 5.32 Å². The molecular formula is C18H25F3N2O. The van der Waals surface area contributed by atoms with Crippen molar-refractivity contribution in [2.75, 3.05) is 19.6 Å². The highest BCUT2D eigenvalue weighted by Crippen LogP contribution is 2.21. The van der Waals surface area contributed by atoms with Crippen LogP contribution in [0.4, 0.5) is 13.2 Å². The van der Waals surface area contributed by atoms with Crippen LogP contribution in [0, 0.1) is 29.3 Å². The molecule has 1 aromatic rings. The van der Waals surface area contributed by atoms with Gasteiger partial charge >= 0.3 is 0 Å². The first kappa shape index (κ1) is 18.8. The quantitative estimate of drug-likeness (QED) is 0.830. The topological polar surface area (TPSA) is 32.3 Å². The van der Waals surface area contributed by atoms with Crippen LogP contribution in [0.25, 0.3) is 0 Å². The molecule has 1 atom stereocenters. The fraction of sp³-hybridized carbons (Fsp3) is 0.611. The predicted octanol–water partition coefficient (Wildman–Crippen LogP) is 3.59. The van der Waals surface area contributed by atoms with Crippen molar-refractivity contribution in [1.82, 2.24) is 10.2 Å². The average Bonchev–Trinajstić information content (AvgIpc) is 2.54. The maximum atomic E-state index is 13.7. The lowest BCUT2D eigenvalue weighted by atomic mass is 9.94. The number of rotatable bonds is 5. The van der Waals surface area contributed by atoms with Crippen molar-refractivity contribution in [3.8, 4) is 0 Å². The number of carbonyl (C=O) groups excluding carboxylic acids is 1. The van der Waals surface area contributed by atoms with Crippen molar-refractivity contribution < 1.29 is 18.0 Å². The molecule has 1 aromatic carbocycles. The molecule has 0 spiro atoms. The second kappa shape index (κ2) is 8.01. The van der Waals surface area contributed by atoms with E-state index in [9.17, 15) is 18.0 Å². The number of hydrogen-bond donors (Lipinski definition) is 1. The molecule has 0 aliphatic carbocycles. The fourth-order valence-corrected chi connectivity index (χ4v) is 3.14. The minimum atomic E-state index is -1.62. The van der Waals surface area contributed by atoms with Crippen LogP contribution in [-0.2, 0) is 0 Å². The Balaban J connectivity index is 2.01. The largest absolute Gasteiger partial charge is 0.350 e. The van der Waals surface area contributed by atoms with Crippen LogP contribution >= 0.6 is 0 Å². The molecule has 1 amide bonds. The van der Waals surface area contributed by atoms with E-state index in [1.165, 1.54) is 0 Å². The van der Waals surface area contributed by atoms with Crippen molar-refractivity contribution in [3.05, 3.63) is 35.1 Å². The third-order valence-electron chi connectivity index (χ3n) is 4.81. The Kier molecular flexibility index (Phi) is 6.27. The van der Waals surface area contributed by atoms with Gasteiger partial charge in [0.25, 0.3) is 5.91 Å². The second-order valence-electron chi connectivity index (χ2n) is 6.96. The van der Waals surface area contributed by atoms with E-state index in [2.05, 4.69) is 31.0 Å². The lowest BCUT2D eigenvalue weighted by Crippen LogP contribution is -2.49. The molecule has 1 aliphatic heterocycles. The van der Waals surface area contributed by atoms with Crippen LogP contribution in [0.3, 0.4) is 0 Å². The van der Waals surface area contributed by atoms with Gasteiger partial charge in [0.2, 0.25) is 0 Å². The summed E-state index contributed by atoms with van der Waals surface area (Å²) in [4.78, 5) is 14.5. The zero-order valence-corrected chi connectivity index (χ0v) is 14.4. The zero-order valence-electron chi connectivity index (χ0n) is 14.4. The summed E-state index contributed by atoms with van der Waals surface area (Å²) in [6.45, 7) is 8.68. The first-order valence-electron chi connectivity index (χ1n) is 8.47. The smallest absolute Gasteiger partial charge is 0.254 e. The van der Waals surface area contributed by atoms with Gasteiger partial charge < -0.3 is 5.32 Å². The standard InChI is InChI=1S/C18H25F3N2O/c1-11(2)15(23-8-6-12(3)7-9-23)10-22-18(24)13-4-5-14(19)17(21)16(13)20/h4-5,11-12,15H,6-10H2,1-3H3,(H,22,24). The molecule has 1 heterocycles. The summed E-state index contributed by atoms with van der Waals surface area (Å²) in [7, 11) is 0. The van der Waals surface area contributed by atoms with Crippen LogP contribution in [0.5, 0.6) is 0 Å². The van der Waals surface area contributed by atoms with Gasteiger partial charge in [-0.2, -0.15) is 0 Å². The van der Waals surface area contributed by atoms with Gasteiger partial charge in [-0.25, -0.2) is 13.2 Å². The van der Waals surface area contributed by atoms with E-state index >= 15 is 0 Å². The Hall–Kier alpha value is -1.56. The third-order valence-corrected chi connectivity index (χ3v) is 4.81. The van der Waals surface area contributed by atoms with Gasteiger partial charge in [-0.1, -0.05) is 20.8 Å². The molecule has 0 bridgehead atoms. The van der Waals surface area contributed by atoms with Crippen LogP contribution in [0.15, 0.2) is 12.1 Å². The normalized spacial score (nSPS) is 18.0. The number of amides is 1. The van der Waals surface area contributed by atoms with E-state index in [1.54, 1.807) is 0 Å². The summed E-state index contributed by atoms with van der Waals surface area (Å²) in [5.74, 6) is -4.06. The SMILES string of the molecule is CC1CCN(C(CNC(=O)c2ccc(F)c(F)c2F)C(C)C)CC1. The van der Waals surface area contributed by atoms with E-state index in [0.717, 1.165) is 38.1 Å². The number of carbonyl (C=O) groups is 1. The van der Waals surface area contributed by atoms with Gasteiger partial charge in [0.05, 0.1) is 5.56 Å². The molecule has 3 nitrogen and oxygen atoms in total. The monoisotopic (exact) mass is 342 g/mol. The molecule has 1 N–H and O–H groups in total. The molecule has 6 heteroatoms. The van der Waals surface area contributed by atoms with E-state index in [1.807, 2.05) is 0 Å². The van der Waals surface area contributed by atoms with Gasteiger partial charge in [0, 0.05) is 12.6 Å². The minimum Gasteiger partial charge on any atom is -0.350 e. The lowest BCUT2D eigenvalue weighted by Gasteiger charge is -2.38. The molecule has 1 unspecified atom stereocenters. The Morgan fingerprint density at radius 2 is 1.83 bits per heavy atom. The Labute approximate surface area is 141 Å².